The van der Waals surface area contributed by atoms with E-state index >= 15 is 0 Å². The summed E-state index contributed by atoms with van der Waals surface area (Å²) >= 11 is 0. The Bertz CT molecular complexity index is 306. The first-order valence-electron chi connectivity index (χ1n) is 5.81. The standard InChI is InChI=1S/C11H20N2O3/c1-4-13-9(14)11-6-7(12)5-8(11)15-10(2,3)16-11/h7-8H,4-6,12H2,1-3H3,(H,13,14)/t7-,8-,11+/m1/s1. The van der Waals surface area contributed by atoms with E-state index in [9.17, 15) is 4.79 Å². The third kappa shape index (κ3) is 1.73. The van der Waals surface area contributed by atoms with Gasteiger partial charge in [0.25, 0.3) is 5.91 Å². The number of hydrogen-bond acceptors (Lipinski definition) is 4. The average Bonchev–Trinajstić information content (AvgIpc) is 2.53. The maximum atomic E-state index is 12.1. The molecule has 1 saturated heterocycles. The Morgan fingerprint density at radius 2 is 2.25 bits per heavy atom. The molecule has 1 saturated carbocycles. The van der Waals surface area contributed by atoms with Crippen LogP contribution in [0, 0.1) is 0 Å². The molecule has 1 aliphatic carbocycles. The van der Waals surface area contributed by atoms with Crippen molar-refractivity contribution in [3.05, 3.63) is 0 Å². The number of hydrogen-bond donors (Lipinski definition) is 2. The number of nitrogens with two attached hydrogens (primary N) is 1. The van der Waals surface area contributed by atoms with E-state index in [4.69, 9.17) is 15.2 Å². The molecule has 0 aromatic carbocycles. The van der Waals surface area contributed by atoms with Crippen LogP contribution in [0.25, 0.3) is 0 Å². The zero-order valence-corrected chi connectivity index (χ0v) is 10.1. The van der Waals surface area contributed by atoms with Gasteiger partial charge in [-0.25, -0.2) is 0 Å². The highest BCUT2D eigenvalue weighted by Crippen LogP contribution is 2.46. The normalized spacial score (nSPS) is 40.8. The van der Waals surface area contributed by atoms with Gasteiger partial charge in [-0.3, -0.25) is 4.79 Å². The van der Waals surface area contributed by atoms with Gasteiger partial charge >= 0.3 is 0 Å². The monoisotopic (exact) mass is 228 g/mol. The second kappa shape index (κ2) is 3.68. The van der Waals surface area contributed by atoms with Gasteiger partial charge in [0.2, 0.25) is 0 Å². The molecule has 3 atom stereocenters. The third-order valence-corrected chi connectivity index (χ3v) is 3.18. The van der Waals surface area contributed by atoms with Crippen LogP contribution in [0.2, 0.25) is 0 Å². The van der Waals surface area contributed by atoms with Crippen molar-refractivity contribution in [2.75, 3.05) is 6.54 Å². The molecule has 92 valence electrons. The van der Waals surface area contributed by atoms with E-state index in [2.05, 4.69) is 5.32 Å². The molecular formula is C11H20N2O3. The molecule has 1 amide bonds. The number of fused-ring (bicyclic) bond motifs is 1. The minimum atomic E-state index is -0.876. The van der Waals surface area contributed by atoms with Gasteiger partial charge in [0.05, 0.1) is 0 Å². The number of ether oxygens (including phenoxy) is 2. The first-order chi connectivity index (χ1) is 7.39. The van der Waals surface area contributed by atoms with E-state index in [1.54, 1.807) is 0 Å². The van der Waals surface area contributed by atoms with Gasteiger partial charge in [0.15, 0.2) is 11.4 Å². The summed E-state index contributed by atoms with van der Waals surface area (Å²) in [7, 11) is 0. The summed E-state index contributed by atoms with van der Waals surface area (Å²) in [5.41, 5.74) is 5.02. The molecule has 1 aliphatic heterocycles. The molecule has 2 rings (SSSR count). The number of likely N-dealkylation sites (N-methyl/N-ethyl adjacent to an activating group) is 1. The first-order valence-corrected chi connectivity index (χ1v) is 5.81. The van der Waals surface area contributed by atoms with Crippen LogP contribution in [0.5, 0.6) is 0 Å². The van der Waals surface area contributed by atoms with Crippen molar-refractivity contribution >= 4 is 5.91 Å². The first kappa shape index (κ1) is 11.8. The highest BCUT2D eigenvalue weighted by molar-refractivity contribution is 5.87. The molecule has 5 heteroatoms. The number of carbonyl (C=O) groups is 1. The maximum absolute atomic E-state index is 12.1. The van der Waals surface area contributed by atoms with Gasteiger partial charge in [-0.2, -0.15) is 0 Å². The molecule has 16 heavy (non-hydrogen) atoms. The van der Waals surface area contributed by atoms with Crippen LogP contribution in [-0.2, 0) is 14.3 Å². The molecule has 0 spiro atoms. The largest absolute Gasteiger partial charge is 0.354 e. The summed E-state index contributed by atoms with van der Waals surface area (Å²) < 4.78 is 11.6. The summed E-state index contributed by atoms with van der Waals surface area (Å²) in [6, 6.07) is -0.0243. The Morgan fingerprint density at radius 3 is 2.88 bits per heavy atom. The fraction of sp³-hybridized carbons (Fsp3) is 0.909. The van der Waals surface area contributed by atoms with E-state index in [1.165, 1.54) is 0 Å². The Kier molecular flexibility index (Phi) is 2.72. The average molecular weight is 228 g/mol. The number of rotatable bonds is 2. The van der Waals surface area contributed by atoms with Crippen molar-refractivity contribution in [2.24, 2.45) is 5.73 Å². The zero-order valence-electron chi connectivity index (χ0n) is 10.1. The highest BCUT2D eigenvalue weighted by atomic mass is 16.8. The van der Waals surface area contributed by atoms with Crippen molar-refractivity contribution < 1.29 is 14.3 Å². The molecule has 2 fully saturated rings. The molecule has 0 radical (unpaired) electrons. The van der Waals surface area contributed by atoms with Crippen molar-refractivity contribution in [1.82, 2.24) is 5.32 Å². The fourth-order valence-electron chi connectivity index (χ4n) is 2.72. The SMILES string of the molecule is CCNC(=O)[C@]12C[C@H](N)C[C@H]1OC(C)(C)O2. The predicted molar refractivity (Wildman–Crippen MR) is 58.7 cm³/mol. The van der Waals surface area contributed by atoms with Crippen molar-refractivity contribution in [3.63, 3.8) is 0 Å². The molecule has 0 aromatic heterocycles. The van der Waals surface area contributed by atoms with Crippen molar-refractivity contribution in [2.45, 2.75) is 57.1 Å². The van der Waals surface area contributed by atoms with Gasteiger partial charge in [0.1, 0.15) is 6.10 Å². The van der Waals surface area contributed by atoms with Gasteiger partial charge < -0.3 is 20.5 Å². The molecule has 5 nitrogen and oxygen atoms in total. The summed E-state index contributed by atoms with van der Waals surface area (Å²) in [4.78, 5) is 12.1. The minimum absolute atomic E-state index is 0.0243. The van der Waals surface area contributed by atoms with Crippen LogP contribution in [0.1, 0.15) is 33.6 Å². The number of nitrogens with one attached hydrogen (secondary N) is 1. The van der Waals surface area contributed by atoms with Crippen LogP contribution in [0.15, 0.2) is 0 Å². The van der Waals surface area contributed by atoms with Crippen LogP contribution in [-0.4, -0.2) is 36.0 Å². The third-order valence-electron chi connectivity index (χ3n) is 3.18. The van der Waals surface area contributed by atoms with E-state index in [0.29, 0.717) is 19.4 Å². The molecule has 1 heterocycles. The summed E-state index contributed by atoms with van der Waals surface area (Å²) in [5.74, 6) is -0.797. The van der Waals surface area contributed by atoms with Crippen LogP contribution < -0.4 is 11.1 Å². The topological polar surface area (TPSA) is 73.6 Å². The molecular weight excluding hydrogens is 208 g/mol. The lowest BCUT2D eigenvalue weighted by molar-refractivity contribution is -0.177. The Labute approximate surface area is 95.7 Å². The molecule has 3 N–H and O–H groups in total. The van der Waals surface area contributed by atoms with Crippen molar-refractivity contribution in [1.29, 1.82) is 0 Å². The van der Waals surface area contributed by atoms with E-state index in [1.807, 2.05) is 20.8 Å². The Morgan fingerprint density at radius 1 is 1.56 bits per heavy atom. The lowest BCUT2D eigenvalue weighted by Gasteiger charge is -2.27. The van der Waals surface area contributed by atoms with Gasteiger partial charge in [0, 0.05) is 19.0 Å². The highest BCUT2D eigenvalue weighted by Gasteiger charge is 2.62. The van der Waals surface area contributed by atoms with Crippen LogP contribution in [0.3, 0.4) is 0 Å². The molecule has 0 aromatic rings. The maximum Gasteiger partial charge on any atom is 0.255 e. The number of carbonyl (C=O) groups excluding carboxylic acids is 1. The molecule has 2 aliphatic rings. The lowest BCUT2D eigenvalue weighted by Crippen LogP contribution is -2.51. The van der Waals surface area contributed by atoms with Crippen LogP contribution >= 0.6 is 0 Å². The zero-order chi connectivity index (χ0) is 12.0. The molecule has 0 bridgehead atoms. The fourth-order valence-corrected chi connectivity index (χ4v) is 2.72. The van der Waals surface area contributed by atoms with E-state index in [0.717, 1.165) is 0 Å². The quantitative estimate of drug-likeness (QED) is 0.705. The number of amides is 1. The minimum Gasteiger partial charge on any atom is -0.354 e. The van der Waals surface area contributed by atoms with Gasteiger partial charge in [-0.1, -0.05) is 0 Å². The Balaban J connectivity index is 2.24. The second-order valence-electron chi connectivity index (χ2n) is 5.06. The lowest BCUT2D eigenvalue weighted by atomic mass is 9.98. The van der Waals surface area contributed by atoms with Gasteiger partial charge in [-0.05, 0) is 27.2 Å². The summed E-state index contributed by atoms with van der Waals surface area (Å²) in [5, 5.41) is 2.81. The second-order valence-corrected chi connectivity index (χ2v) is 5.06. The Hall–Kier alpha value is -0.650. The van der Waals surface area contributed by atoms with E-state index in [-0.39, 0.29) is 18.1 Å². The smallest absolute Gasteiger partial charge is 0.255 e. The predicted octanol–water partition coefficient (Wildman–Crippen LogP) is 0.134. The summed E-state index contributed by atoms with van der Waals surface area (Å²) in [6.07, 6.45) is 0.997. The molecule has 0 unspecified atom stereocenters. The van der Waals surface area contributed by atoms with Crippen LogP contribution in [0.4, 0.5) is 0 Å². The van der Waals surface area contributed by atoms with Crippen molar-refractivity contribution in [3.8, 4) is 0 Å². The van der Waals surface area contributed by atoms with Gasteiger partial charge in [-0.15, -0.1) is 0 Å². The van der Waals surface area contributed by atoms with E-state index < -0.39 is 11.4 Å². The summed E-state index contributed by atoms with van der Waals surface area (Å²) in [6.45, 7) is 6.14.